The van der Waals surface area contributed by atoms with E-state index in [4.69, 9.17) is 11.5 Å². The molecule has 4 N–H and O–H groups in total. The molecule has 1 heterocycles. The zero-order valence-corrected chi connectivity index (χ0v) is 9.66. The van der Waals surface area contributed by atoms with Gasteiger partial charge >= 0.3 is 0 Å². The fraction of sp³-hybridized carbons (Fsp3) is 0.417. The number of nitrogens with two attached hydrogens (primary N) is 2. The summed E-state index contributed by atoms with van der Waals surface area (Å²) in [6, 6.07) is 5.56. The number of fused-ring (bicyclic) bond motifs is 1. The molecule has 0 bridgehead atoms. The van der Waals surface area contributed by atoms with Crippen LogP contribution in [0.3, 0.4) is 0 Å². The van der Waals surface area contributed by atoms with Crippen LogP contribution < -0.4 is 16.4 Å². The van der Waals surface area contributed by atoms with Gasteiger partial charge < -0.3 is 16.4 Å². The Morgan fingerprint density at radius 1 is 1.44 bits per heavy atom. The number of carbonyl (C=O) groups is 1. The minimum Gasteiger partial charge on any atom is -0.399 e. The maximum Gasteiger partial charge on any atom is 0.231 e. The lowest BCUT2D eigenvalue weighted by molar-refractivity contribution is -0.117. The van der Waals surface area contributed by atoms with Crippen molar-refractivity contribution in [1.29, 1.82) is 0 Å². The van der Waals surface area contributed by atoms with E-state index in [1.54, 1.807) is 4.90 Å². The zero-order chi connectivity index (χ0) is 11.9. The Hall–Kier alpha value is -1.55. The fourth-order valence-electron chi connectivity index (χ4n) is 1.98. The maximum atomic E-state index is 11.8. The molecule has 0 saturated carbocycles. The first-order valence-corrected chi connectivity index (χ1v) is 5.34. The first-order valence-electron chi connectivity index (χ1n) is 5.34. The van der Waals surface area contributed by atoms with Crippen molar-refractivity contribution in [3.63, 3.8) is 0 Å². The first kappa shape index (κ1) is 11.0. The average Bonchev–Trinajstić information content (AvgIpc) is 2.40. The van der Waals surface area contributed by atoms with Gasteiger partial charge in [-0.05, 0) is 37.6 Å². The van der Waals surface area contributed by atoms with Gasteiger partial charge in [0.25, 0.3) is 0 Å². The van der Waals surface area contributed by atoms with Crippen LogP contribution in [-0.2, 0) is 11.2 Å². The second-order valence-electron chi connectivity index (χ2n) is 5.03. The van der Waals surface area contributed by atoms with Crippen LogP contribution in [0.15, 0.2) is 18.2 Å². The molecule has 0 atom stereocenters. The number of anilines is 2. The van der Waals surface area contributed by atoms with Gasteiger partial charge in [-0.3, -0.25) is 4.79 Å². The van der Waals surface area contributed by atoms with E-state index in [1.807, 2.05) is 32.0 Å². The number of nitrogen functional groups attached to an aromatic ring is 1. The number of amides is 1. The predicted octanol–water partition coefficient (Wildman–Crippen LogP) is 0.895. The van der Waals surface area contributed by atoms with Crippen LogP contribution in [0.1, 0.15) is 19.4 Å². The molecular weight excluding hydrogens is 202 g/mol. The van der Waals surface area contributed by atoms with Crippen LogP contribution in [-0.4, -0.2) is 18.0 Å². The second kappa shape index (κ2) is 3.49. The number of hydrogen-bond acceptors (Lipinski definition) is 3. The lowest BCUT2D eigenvalue weighted by atomic mass is 10.1. The van der Waals surface area contributed by atoms with Gasteiger partial charge in [0.1, 0.15) is 0 Å². The van der Waals surface area contributed by atoms with Crippen molar-refractivity contribution in [3.05, 3.63) is 23.8 Å². The van der Waals surface area contributed by atoms with Crippen LogP contribution >= 0.6 is 0 Å². The van der Waals surface area contributed by atoms with E-state index in [0.29, 0.717) is 18.7 Å². The molecule has 4 heteroatoms. The van der Waals surface area contributed by atoms with Crippen LogP contribution in [0.25, 0.3) is 0 Å². The molecule has 0 saturated heterocycles. The minimum atomic E-state index is -0.390. The van der Waals surface area contributed by atoms with E-state index in [2.05, 4.69) is 0 Å². The highest BCUT2D eigenvalue weighted by molar-refractivity contribution is 6.01. The Balaban J connectivity index is 2.33. The van der Waals surface area contributed by atoms with Crippen LogP contribution in [0.4, 0.5) is 11.4 Å². The summed E-state index contributed by atoms with van der Waals surface area (Å²) in [5, 5.41) is 0. The number of hydrogen-bond donors (Lipinski definition) is 2. The number of rotatable bonds is 2. The van der Waals surface area contributed by atoms with Gasteiger partial charge in [-0.1, -0.05) is 0 Å². The van der Waals surface area contributed by atoms with Crippen molar-refractivity contribution in [2.75, 3.05) is 17.2 Å². The normalized spacial score (nSPS) is 15.4. The zero-order valence-electron chi connectivity index (χ0n) is 9.66. The average molecular weight is 219 g/mol. The highest BCUT2D eigenvalue weighted by atomic mass is 16.2. The summed E-state index contributed by atoms with van der Waals surface area (Å²) >= 11 is 0. The molecule has 16 heavy (non-hydrogen) atoms. The van der Waals surface area contributed by atoms with E-state index >= 15 is 0 Å². The van der Waals surface area contributed by atoms with Gasteiger partial charge in [0, 0.05) is 23.5 Å². The molecular formula is C12H17N3O. The van der Waals surface area contributed by atoms with E-state index in [0.717, 1.165) is 11.3 Å². The summed E-state index contributed by atoms with van der Waals surface area (Å²) in [5.41, 5.74) is 13.9. The predicted molar refractivity (Wildman–Crippen MR) is 65.2 cm³/mol. The van der Waals surface area contributed by atoms with Crippen LogP contribution in [0.2, 0.25) is 0 Å². The quantitative estimate of drug-likeness (QED) is 0.726. The minimum absolute atomic E-state index is 0.0964. The third-order valence-corrected chi connectivity index (χ3v) is 2.60. The number of nitrogens with zero attached hydrogens (tertiary/aromatic N) is 1. The van der Waals surface area contributed by atoms with E-state index in [1.165, 1.54) is 0 Å². The van der Waals surface area contributed by atoms with Gasteiger partial charge in [-0.2, -0.15) is 0 Å². The van der Waals surface area contributed by atoms with Crippen molar-refractivity contribution in [2.24, 2.45) is 5.73 Å². The summed E-state index contributed by atoms with van der Waals surface area (Å²) in [4.78, 5) is 13.6. The summed E-state index contributed by atoms with van der Waals surface area (Å²) < 4.78 is 0. The Labute approximate surface area is 95.2 Å². The molecule has 0 aliphatic carbocycles. The van der Waals surface area contributed by atoms with Crippen molar-refractivity contribution < 1.29 is 4.79 Å². The van der Waals surface area contributed by atoms with Gasteiger partial charge in [0.2, 0.25) is 5.91 Å². The van der Waals surface area contributed by atoms with Crippen molar-refractivity contribution in [2.45, 2.75) is 25.8 Å². The molecule has 86 valence electrons. The molecule has 1 aromatic carbocycles. The van der Waals surface area contributed by atoms with Gasteiger partial charge in [-0.25, -0.2) is 0 Å². The van der Waals surface area contributed by atoms with E-state index in [9.17, 15) is 4.79 Å². The highest BCUT2D eigenvalue weighted by Gasteiger charge is 2.30. The largest absolute Gasteiger partial charge is 0.399 e. The van der Waals surface area contributed by atoms with Crippen LogP contribution in [0.5, 0.6) is 0 Å². The molecule has 0 aromatic heterocycles. The standard InChI is InChI=1S/C12H17N3O/c1-12(2,14)7-15-10-4-3-9(13)5-8(10)6-11(15)16/h3-5H,6-7,13-14H2,1-2H3. The molecule has 1 aromatic rings. The molecule has 4 nitrogen and oxygen atoms in total. The molecule has 2 rings (SSSR count). The SMILES string of the molecule is CC(C)(N)CN1C(=O)Cc2cc(N)ccc21. The van der Waals surface area contributed by atoms with Gasteiger partial charge in [0.15, 0.2) is 0 Å². The Bertz CT molecular complexity index is 434. The van der Waals surface area contributed by atoms with Crippen molar-refractivity contribution in [1.82, 2.24) is 0 Å². The van der Waals surface area contributed by atoms with Crippen molar-refractivity contribution in [3.8, 4) is 0 Å². The van der Waals surface area contributed by atoms with E-state index < -0.39 is 5.54 Å². The molecule has 0 fully saturated rings. The molecule has 1 amide bonds. The van der Waals surface area contributed by atoms with Gasteiger partial charge in [0.05, 0.1) is 6.42 Å². The molecule has 0 spiro atoms. The van der Waals surface area contributed by atoms with Crippen LogP contribution in [0, 0.1) is 0 Å². The van der Waals surface area contributed by atoms with Gasteiger partial charge in [-0.15, -0.1) is 0 Å². The fourth-order valence-corrected chi connectivity index (χ4v) is 1.98. The Morgan fingerprint density at radius 2 is 2.12 bits per heavy atom. The lowest BCUT2D eigenvalue weighted by Crippen LogP contribution is -2.46. The highest BCUT2D eigenvalue weighted by Crippen LogP contribution is 2.31. The lowest BCUT2D eigenvalue weighted by Gasteiger charge is -2.26. The summed E-state index contributed by atoms with van der Waals surface area (Å²) in [5.74, 6) is 0.0964. The Kier molecular flexibility index (Phi) is 2.39. The summed E-state index contributed by atoms with van der Waals surface area (Å²) in [6.45, 7) is 4.36. The smallest absolute Gasteiger partial charge is 0.231 e. The van der Waals surface area contributed by atoms with E-state index in [-0.39, 0.29) is 5.91 Å². The molecule has 0 radical (unpaired) electrons. The second-order valence-corrected chi connectivity index (χ2v) is 5.03. The number of benzene rings is 1. The third kappa shape index (κ3) is 2.02. The van der Waals surface area contributed by atoms with Crippen molar-refractivity contribution >= 4 is 17.3 Å². The molecule has 1 aliphatic rings. The summed E-state index contributed by atoms with van der Waals surface area (Å²) in [7, 11) is 0. The molecule has 0 unspecified atom stereocenters. The maximum absolute atomic E-state index is 11.8. The first-order chi connectivity index (χ1) is 7.37. The topological polar surface area (TPSA) is 72.3 Å². The number of carbonyl (C=O) groups excluding carboxylic acids is 1. The Morgan fingerprint density at radius 3 is 2.75 bits per heavy atom. The third-order valence-electron chi connectivity index (χ3n) is 2.60. The summed E-state index contributed by atoms with van der Waals surface area (Å²) in [6.07, 6.45) is 0.427. The molecule has 1 aliphatic heterocycles. The monoisotopic (exact) mass is 219 g/mol.